The molecule has 1 rings (SSSR count). The normalized spacial score (nSPS) is 13.0. The number of nitrogens with zero attached hydrogens (tertiary/aromatic N) is 1. The Morgan fingerprint density at radius 2 is 1.43 bits per heavy atom. The van der Waals surface area contributed by atoms with Gasteiger partial charge < -0.3 is 4.90 Å². The van der Waals surface area contributed by atoms with Crippen molar-refractivity contribution < 1.29 is 21.7 Å². The number of hydrogen-bond acceptors (Lipinski definition) is 4. The van der Waals surface area contributed by atoms with Crippen LogP contribution in [0, 0.1) is 0 Å². The molecule has 0 spiro atoms. The van der Waals surface area contributed by atoms with Crippen molar-refractivity contribution in [3.63, 3.8) is 0 Å². The molecule has 0 radical (unpaired) electrons. The number of quaternary nitrogens is 1. The molecule has 0 fully saturated rings. The van der Waals surface area contributed by atoms with Crippen LogP contribution in [-0.4, -0.2) is 61.4 Å². The monoisotopic (exact) mass is 364 g/mol. The molecule has 7 nitrogen and oxygen atoms in total. The average molecular weight is 365 g/mol. The van der Waals surface area contributed by atoms with Gasteiger partial charge in [0.05, 0.1) is 37.0 Å². The van der Waals surface area contributed by atoms with Crippen LogP contribution in [-0.2, 0) is 20.0 Å². The predicted octanol–water partition coefficient (Wildman–Crippen LogP) is -0.860. The largest absolute Gasteiger partial charge is 0.339 e. The van der Waals surface area contributed by atoms with Gasteiger partial charge in [0.15, 0.2) is 0 Å². The van der Waals surface area contributed by atoms with E-state index >= 15 is 0 Å². The highest BCUT2D eigenvalue weighted by atomic mass is 32.2. The minimum absolute atomic E-state index is 0.0600. The molecule has 1 aromatic carbocycles. The van der Waals surface area contributed by atoms with E-state index in [1.165, 1.54) is 28.6 Å². The number of sulfonamides is 2. The molecule has 9 heteroatoms. The highest BCUT2D eigenvalue weighted by Gasteiger charge is 2.22. The van der Waals surface area contributed by atoms with Crippen LogP contribution in [0.15, 0.2) is 34.1 Å². The van der Waals surface area contributed by atoms with Gasteiger partial charge in [-0.15, -0.1) is 0 Å². The highest BCUT2D eigenvalue weighted by Crippen LogP contribution is 2.18. The van der Waals surface area contributed by atoms with Gasteiger partial charge in [-0.25, -0.2) is 21.6 Å². The summed E-state index contributed by atoms with van der Waals surface area (Å²) in [4.78, 5) is 1.29. The molecule has 0 aliphatic carbocycles. The predicted molar refractivity (Wildman–Crippen MR) is 89.4 cm³/mol. The van der Waals surface area contributed by atoms with Crippen LogP contribution in [0.25, 0.3) is 0 Å². The van der Waals surface area contributed by atoms with Crippen molar-refractivity contribution in [2.75, 3.05) is 40.3 Å². The summed E-state index contributed by atoms with van der Waals surface area (Å²) in [7, 11) is -3.33. The number of nitrogens with one attached hydrogen (secondary N) is 2. The number of likely N-dealkylation sites (N-methyl/N-ethyl adjacent to an activating group) is 1. The van der Waals surface area contributed by atoms with Gasteiger partial charge in [0, 0.05) is 13.1 Å². The molecule has 0 aromatic heterocycles. The van der Waals surface area contributed by atoms with Gasteiger partial charge in [0.2, 0.25) is 20.0 Å². The summed E-state index contributed by atoms with van der Waals surface area (Å²) in [5.74, 6) is 0. The maximum absolute atomic E-state index is 12.4. The lowest BCUT2D eigenvalue weighted by atomic mass is 10.4. The van der Waals surface area contributed by atoms with Gasteiger partial charge in [-0.3, -0.25) is 0 Å². The smallest absolute Gasteiger partial charge is 0.243 e. The third kappa shape index (κ3) is 5.25. The topological polar surface area (TPSA) is 88.0 Å². The van der Waals surface area contributed by atoms with Crippen LogP contribution in [0.3, 0.4) is 0 Å². The molecule has 0 unspecified atom stereocenters. The van der Waals surface area contributed by atoms with Crippen molar-refractivity contribution in [3.8, 4) is 0 Å². The molecule has 0 aliphatic heterocycles. The van der Waals surface area contributed by atoms with E-state index in [1.807, 2.05) is 14.1 Å². The first-order valence-electron chi connectivity index (χ1n) is 7.54. The molecule has 0 saturated carbocycles. The highest BCUT2D eigenvalue weighted by molar-refractivity contribution is 7.89. The lowest BCUT2D eigenvalue weighted by Crippen LogP contribution is -3.06. The fourth-order valence-electron chi connectivity index (χ4n) is 2.02. The van der Waals surface area contributed by atoms with Crippen LogP contribution in [0.2, 0.25) is 0 Å². The summed E-state index contributed by atoms with van der Waals surface area (Å²) >= 11 is 0. The number of rotatable bonds is 9. The SMILES string of the molecule is CCN(CC)S(=O)(=O)c1ccc(S(=O)(=O)NCC[NH+](C)C)cc1. The first-order valence-corrected chi connectivity index (χ1v) is 10.5. The van der Waals surface area contributed by atoms with Crippen molar-refractivity contribution in [1.82, 2.24) is 9.03 Å². The summed E-state index contributed by atoms with van der Waals surface area (Å²) in [6.45, 7) is 5.24. The van der Waals surface area contributed by atoms with Gasteiger partial charge in [-0.05, 0) is 24.3 Å². The number of benzene rings is 1. The second-order valence-electron chi connectivity index (χ2n) is 5.42. The molecule has 132 valence electrons. The summed E-state index contributed by atoms with van der Waals surface area (Å²) in [5, 5.41) is 0. The third-order valence-corrected chi connectivity index (χ3v) is 6.94. The lowest BCUT2D eigenvalue weighted by Gasteiger charge is -2.18. The Morgan fingerprint density at radius 1 is 0.957 bits per heavy atom. The molecule has 23 heavy (non-hydrogen) atoms. The van der Waals surface area contributed by atoms with E-state index in [4.69, 9.17) is 0 Å². The minimum atomic E-state index is -3.62. The minimum Gasteiger partial charge on any atom is -0.339 e. The molecule has 0 bridgehead atoms. The first-order chi connectivity index (χ1) is 10.6. The fraction of sp³-hybridized carbons (Fsp3) is 0.571. The Kier molecular flexibility index (Phi) is 7.15. The lowest BCUT2D eigenvalue weighted by molar-refractivity contribution is -0.856. The second-order valence-corrected chi connectivity index (χ2v) is 9.12. The van der Waals surface area contributed by atoms with Crippen molar-refractivity contribution >= 4 is 20.0 Å². The zero-order valence-corrected chi connectivity index (χ0v) is 15.7. The second kappa shape index (κ2) is 8.20. The van der Waals surface area contributed by atoms with Gasteiger partial charge >= 0.3 is 0 Å². The van der Waals surface area contributed by atoms with Crippen molar-refractivity contribution in [2.45, 2.75) is 23.6 Å². The van der Waals surface area contributed by atoms with Crippen LogP contribution < -0.4 is 9.62 Å². The maximum atomic E-state index is 12.4. The fourth-order valence-corrected chi connectivity index (χ4v) is 4.51. The van der Waals surface area contributed by atoms with Crippen molar-refractivity contribution in [1.29, 1.82) is 0 Å². The van der Waals surface area contributed by atoms with E-state index in [1.54, 1.807) is 13.8 Å². The Labute approximate surface area is 139 Å². The Balaban J connectivity index is 2.96. The quantitative estimate of drug-likeness (QED) is 0.597. The van der Waals surface area contributed by atoms with E-state index in [2.05, 4.69) is 4.72 Å². The van der Waals surface area contributed by atoms with Gasteiger partial charge in [0.25, 0.3) is 0 Å². The van der Waals surface area contributed by atoms with E-state index in [0.717, 1.165) is 4.90 Å². The van der Waals surface area contributed by atoms with Crippen LogP contribution in [0.4, 0.5) is 0 Å². The van der Waals surface area contributed by atoms with Crippen molar-refractivity contribution in [3.05, 3.63) is 24.3 Å². The summed E-state index contributed by atoms with van der Waals surface area (Å²) in [6.07, 6.45) is 0. The third-order valence-electron chi connectivity index (χ3n) is 3.39. The molecule has 0 atom stereocenters. The van der Waals surface area contributed by atoms with Crippen LogP contribution >= 0.6 is 0 Å². The summed E-state index contributed by atoms with van der Waals surface area (Å²) < 4.78 is 52.8. The van der Waals surface area contributed by atoms with E-state index in [0.29, 0.717) is 26.2 Å². The average Bonchev–Trinajstić information content (AvgIpc) is 2.47. The number of hydrogen-bond donors (Lipinski definition) is 2. The Bertz CT molecular complexity index is 694. The van der Waals surface area contributed by atoms with Crippen LogP contribution in [0.5, 0.6) is 0 Å². The van der Waals surface area contributed by atoms with Gasteiger partial charge in [0.1, 0.15) is 0 Å². The molecular weight excluding hydrogens is 338 g/mol. The molecule has 2 N–H and O–H groups in total. The van der Waals surface area contributed by atoms with Gasteiger partial charge in [-0.2, -0.15) is 4.31 Å². The molecule has 0 aliphatic rings. The zero-order chi connectivity index (χ0) is 17.7. The van der Waals surface area contributed by atoms with Crippen LogP contribution in [0.1, 0.15) is 13.8 Å². The van der Waals surface area contributed by atoms with Gasteiger partial charge in [-0.1, -0.05) is 13.8 Å². The zero-order valence-electron chi connectivity index (χ0n) is 14.0. The molecule has 0 heterocycles. The maximum Gasteiger partial charge on any atom is 0.243 e. The Morgan fingerprint density at radius 3 is 1.87 bits per heavy atom. The standard InChI is InChI=1S/C14H25N3O4S2/c1-5-17(6-2)23(20,21)14-9-7-13(8-10-14)22(18,19)15-11-12-16(3)4/h7-10,15H,5-6,11-12H2,1-4H3/p+1. The van der Waals surface area contributed by atoms with E-state index in [9.17, 15) is 16.8 Å². The molecule has 0 amide bonds. The Hall–Kier alpha value is -1.00. The van der Waals surface area contributed by atoms with Crippen molar-refractivity contribution in [2.24, 2.45) is 0 Å². The summed E-state index contributed by atoms with van der Waals surface area (Å²) in [5.41, 5.74) is 0. The molecular formula is C14H26N3O4S2+. The molecule has 1 aromatic rings. The van der Waals surface area contributed by atoms with E-state index in [-0.39, 0.29) is 9.79 Å². The van der Waals surface area contributed by atoms with E-state index < -0.39 is 20.0 Å². The first kappa shape index (κ1) is 20.0. The summed E-state index contributed by atoms with van der Waals surface area (Å²) in [6, 6.07) is 5.31. The molecule has 0 saturated heterocycles.